The van der Waals surface area contributed by atoms with Crippen LogP contribution >= 0.6 is 0 Å². The van der Waals surface area contributed by atoms with Gasteiger partial charge in [0.1, 0.15) is 12.0 Å². The summed E-state index contributed by atoms with van der Waals surface area (Å²) in [6, 6.07) is 10.1. The van der Waals surface area contributed by atoms with Crippen LogP contribution in [0.3, 0.4) is 0 Å². The van der Waals surface area contributed by atoms with Crippen LogP contribution in [-0.2, 0) is 0 Å². The van der Waals surface area contributed by atoms with Crippen LogP contribution in [0.5, 0.6) is 0 Å². The van der Waals surface area contributed by atoms with Crippen molar-refractivity contribution in [2.24, 2.45) is 5.92 Å². The summed E-state index contributed by atoms with van der Waals surface area (Å²) in [4.78, 5) is 2.16. The average Bonchev–Trinajstić information content (AvgIpc) is 2.33. The molecule has 0 amide bonds. The number of hydroxylamine groups is 2. The fraction of sp³-hybridized carbons (Fsp3) is 0.462. The maximum absolute atomic E-state index is 10.0. The van der Waals surface area contributed by atoms with Crippen LogP contribution in [0.2, 0.25) is 0 Å². The molecule has 2 rings (SSSR count). The van der Waals surface area contributed by atoms with Crippen molar-refractivity contribution in [2.75, 3.05) is 11.4 Å². The molecule has 1 saturated heterocycles. The van der Waals surface area contributed by atoms with Gasteiger partial charge in [0.15, 0.2) is 0 Å². The van der Waals surface area contributed by atoms with Crippen molar-refractivity contribution in [3.63, 3.8) is 0 Å². The van der Waals surface area contributed by atoms with Gasteiger partial charge >= 0.3 is 0 Å². The van der Waals surface area contributed by atoms with E-state index in [0.717, 1.165) is 17.3 Å². The third kappa shape index (κ3) is 2.26. The van der Waals surface area contributed by atoms with Crippen molar-refractivity contribution in [2.45, 2.75) is 26.4 Å². The maximum atomic E-state index is 10.0. The van der Waals surface area contributed by atoms with Crippen molar-refractivity contribution < 1.29 is 5.21 Å². The van der Waals surface area contributed by atoms with Crippen molar-refractivity contribution >= 4 is 11.5 Å². The van der Waals surface area contributed by atoms with Crippen LogP contribution in [0.1, 0.15) is 20.3 Å². The van der Waals surface area contributed by atoms with Crippen molar-refractivity contribution in [3.05, 3.63) is 30.3 Å². The highest BCUT2D eigenvalue weighted by molar-refractivity contribution is 5.80. The summed E-state index contributed by atoms with van der Waals surface area (Å²) < 4.78 is 0. The molecule has 2 N–H and O–H groups in total. The Hall–Kier alpha value is -1.55. The van der Waals surface area contributed by atoms with E-state index in [1.165, 1.54) is 0 Å². The molecular weight excluding hydrogens is 214 g/mol. The van der Waals surface area contributed by atoms with Crippen LogP contribution in [0, 0.1) is 11.3 Å². The van der Waals surface area contributed by atoms with Gasteiger partial charge in [0.25, 0.3) is 0 Å². The van der Waals surface area contributed by atoms with Crippen molar-refractivity contribution in [1.29, 1.82) is 5.41 Å². The highest BCUT2D eigenvalue weighted by Gasteiger charge is 2.33. The van der Waals surface area contributed by atoms with Crippen LogP contribution in [-0.4, -0.2) is 28.8 Å². The zero-order valence-electron chi connectivity index (χ0n) is 10.3. The van der Waals surface area contributed by atoms with Gasteiger partial charge in [-0.3, -0.25) is 10.6 Å². The lowest BCUT2D eigenvalue weighted by Gasteiger charge is -2.44. The second-order valence-electron chi connectivity index (χ2n) is 4.73. The number of rotatable bonds is 2. The Balaban J connectivity index is 2.29. The zero-order chi connectivity index (χ0) is 12.4. The Morgan fingerprint density at radius 1 is 1.29 bits per heavy atom. The summed E-state index contributed by atoms with van der Waals surface area (Å²) in [7, 11) is 0. The van der Waals surface area contributed by atoms with Gasteiger partial charge in [0, 0.05) is 18.7 Å². The summed E-state index contributed by atoms with van der Waals surface area (Å²) in [5.41, 5.74) is 1.10. The minimum Gasteiger partial charge on any atom is -0.349 e. The summed E-state index contributed by atoms with van der Waals surface area (Å²) >= 11 is 0. The first kappa shape index (κ1) is 11.9. The second kappa shape index (κ2) is 4.75. The monoisotopic (exact) mass is 233 g/mol. The van der Waals surface area contributed by atoms with Crippen LogP contribution in [0.4, 0.5) is 5.69 Å². The highest BCUT2D eigenvalue weighted by Crippen LogP contribution is 2.26. The Kier molecular flexibility index (Phi) is 3.33. The van der Waals surface area contributed by atoms with Gasteiger partial charge < -0.3 is 4.90 Å². The molecule has 92 valence electrons. The number of benzene rings is 1. The fourth-order valence-electron chi connectivity index (χ4n) is 2.31. The standard InChI is InChI=1S/C13H19N3O/c1-10(2)13-15(9-8-12(14)16(13)17)11-6-4-3-5-7-11/h3-7,10,13-14,17H,8-9H2,1-2H3. The number of hydrogen-bond acceptors (Lipinski definition) is 3. The molecule has 4 heteroatoms. The molecule has 0 bridgehead atoms. The third-order valence-electron chi connectivity index (χ3n) is 3.12. The van der Waals surface area contributed by atoms with E-state index in [4.69, 9.17) is 5.41 Å². The predicted octanol–water partition coefficient (Wildman–Crippen LogP) is 2.55. The van der Waals surface area contributed by atoms with E-state index in [1.54, 1.807) is 0 Å². The van der Waals surface area contributed by atoms with E-state index in [9.17, 15) is 5.21 Å². The molecule has 1 aromatic rings. The molecule has 0 aliphatic carbocycles. The summed E-state index contributed by atoms with van der Waals surface area (Å²) in [5, 5.41) is 18.8. The Morgan fingerprint density at radius 2 is 1.94 bits per heavy atom. The highest BCUT2D eigenvalue weighted by atomic mass is 16.5. The Labute approximate surface area is 102 Å². The SMILES string of the molecule is CC(C)C1N(O)C(=N)CCN1c1ccccc1. The van der Waals surface area contributed by atoms with E-state index in [0.29, 0.717) is 12.3 Å². The van der Waals surface area contributed by atoms with Gasteiger partial charge in [-0.15, -0.1) is 0 Å². The van der Waals surface area contributed by atoms with E-state index in [-0.39, 0.29) is 12.1 Å². The summed E-state index contributed by atoms with van der Waals surface area (Å²) in [5.74, 6) is 0.553. The molecule has 1 aliphatic heterocycles. The van der Waals surface area contributed by atoms with Gasteiger partial charge in [-0.2, -0.15) is 0 Å². The molecule has 1 unspecified atom stereocenters. The first-order valence-electron chi connectivity index (χ1n) is 5.98. The minimum atomic E-state index is -0.154. The van der Waals surface area contributed by atoms with Gasteiger partial charge in [-0.1, -0.05) is 32.0 Å². The molecule has 0 spiro atoms. The quantitative estimate of drug-likeness (QED) is 0.825. The Bertz CT molecular complexity index is 391. The van der Waals surface area contributed by atoms with Crippen LogP contribution in [0.25, 0.3) is 0 Å². The van der Waals surface area contributed by atoms with E-state index < -0.39 is 0 Å². The topological polar surface area (TPSA) is 50.6 Å². The van der Waals surface area contributed by atoms with E-state index >= 15 is 0 Å². The molecule has 1 atom stereocenters. The molecule has 1 fully saturated rings. The average molecular weight is 233 g/mol. The Morgan fingerprint density at radius 3 is 2.53 bits per heavy atom. The molecule has 17 heavy (non-hydrogen) atoms. The summed E-state index contributed by atoms with van der Waals surface area (Å²) in [6.45, 7) is 4.90. The van der Waals surface area contributed by atoms with Crippen LogP contribution in [0.15, 0.2) is 30.3 Å². The molecular formula is C13H19N3O. The molecule has 0 radical (unpaired) electrons. The van der Waals surface area contributed by atoms with Crippen LogP contribution < -0.4 is 4.90 Å². The van der Waals surface area contributed by atoms with E-state index in [2.05, 4.69) is 18.7 Å². The fourth-order valence-corrected chi connectivity index (χ4v) is 2.31. The molecule has 1 aromatic carbocycles. The van der Waals surface area contributed by atoms with Crippen molar-refractivity contribution in [3.8, 4) is 0 Å². The van der Waals surface area contributed by atoms with Gasteiger partial charge in [-0.25, -0.2) is 5.06 Å². The number of nitrogens with zero attached hydrogens (tertiary/aromatic N) is 2. The molecule has 1 heterocycles. The number of para-hydroxylation sites is 1. The van der Waals surface area contributed by atoms with E-state index in [1.807, 2.05) is 30.3 Å². The summed E-state index contributed by atoms with van der Waals surface area (Å²) in [6.07, 6.45) is 0.424. The molecule has 0 saturated carbocycles. The smallest absolute Gasteiger partial charge is 0.131 e. The third-order valence-corrected chi connectivity index (χ3v) is 3.12. The molecule has 4 nitrogen and oxygen atoms in total. The first-order valence-corrected chi connectivity index (χ1v) is 5.98. The molecule has 0 aromatic heterocycles. The lowest BCUT2D eigenvalue weighted by Crippen LogP contribution is -2.57. The number of nitrogens with one attached hydrogen (secondary N) is 1. The largest absolute Gasteiger partial charge is 0.349 e. The van der Waals surface area contributed by atoms with Crippen molar-refractivity contribution in [1.82, 2.24) is 5.06 Å². The first-order chi connectivity index (χ1) is 8.11. The second-order valence-corrected chi connectivity index (χ2v) is 4.73. The van der Waals surface area contributed by atoms with Gasteiger partial charge in [0.2, 0.25) is 0 Å². The number of hydrogen-bond donors (Lipinski definition) is 2. The van der Waals surface area contributed by atoms with Gasteiger partial charge in [-0.05, 0) is 18.1 Å². The maximum Gasteiger partial charge on any atom is 0.131 e. The minimum absolute atomic E-state index is 0.154. The lowest BCUT2D eigenvalue weighted by atomic mass is 10.0. The van der Waals surface area contributed by atoms with Gasteiger partial charge in [0.05, 0.1) is 0 Å². The number of anilines is 1. The molecule has 1 aliphatic rings. The normalized spacial score (nSPS) is 21.2. The lowest BCUT2D eigenvalue weighted by molar-refractivity contribution is -0.0777. The predicted molar refractivity (Wildman–Crippen MR) is 68.4 cm³/mol. The zero-order valence-corrected chi connectivity index (χ0v) is 10.3. The number of amidine groups is 1.